The van der Waals surface area contributed by atoms with Gasteiger partial charge in [-0.25, -0.2) is 0 Å². The van der Waals surface area contributed by atoms with Gasteiger partial charge < -0.3 is 10.1 Å². The van der Waals surface area contributed by atoms with Crippen LogP contribution < -0.4 is 5.32 Å². The van der Waals surface area contributed by atoms with Crippen molar-refractivity contribution in [2.24, 2.45) is 0 Å². The van der Waals surface area contributed by atoms with E-state index in [1.54, 1.807) is 12.1 Å². The molecule has 1 aliphatic heterocycles. The Kier molecular flexibility index (Phi) is 6.58. The Bertz CT molecular complexity index is 1050. The Balaban J connectivity index is 1.53. The fraction of sp³-hybridized carbons (Fsp3) is 0.286. The number of rotatable bonds is 8. The molecule has 0 radical (unpaired) electrons. The summed E-state index contributed by atoms with van der Waals surface area (Å²) in [6.07, 6.45) is 2.09. The molecule has 1 N–H and O–H groups in total. The first-order chi connectivity index (χ1) is 15.1. The van der Waals surface area contributed by atoms with E-state index < -0.39 is 4.92 Å². The van der Waals surface area contributed by atoms with Gasteiger partial charge in [-0.1, -0.05) is 30.0 Å². The van der Waals surface area contributed by atoms with E-state index in [2.05, 4.69) is 15.5 Å². The van der Waals surface area contributed by atoms with Crippen LogP contribution in [-0.4, -0.2) is 50.6 Å². The number of aromatic nitrogens is 3. The third kappa shape index (κ3) is 5.09. The molecule has 1 atom stereocenters. The van der Waals surface area contributed by atoms with Crippen LogP contribution in [0.15, 0.2) is 59.8 Å². The number of nitrogens with zero attached hydrogens (tertiary/aromatic N) is 4. The summed E-state index contributed by atoms with van der Waals surface area (Å²) >= 11 is 1.28. The molecule has 2 aromatic carbocycles. The van der Waals surface area contributed by atoms with Crippen molar-refractivity contribution >= 4 is 23.4 Å². The summed E-state index contributed by atoms with van der Waals surface area (Å²) in [6, 6.07) is 15.7. The summed E-state index contributed by atoms with van der Waals surface area (Å²) < 4.78 is 7.37. The number of non-ortho nitro benzene ring substituents is 1. The molecule has 2 heterocycles. The van der Waals surface area contributed by atoms with Crippen LogP contribution in [0.2, 0.25) is 0 Å². The van der Waals surface area contributed by atoms with Crippen LogP contribution in [0.4, 0.5) is 5.69 Å². The second-order valence-electron chi connectivity index (χ2n) is 7.01. The van der Waals surface area contributed by atoms with Gasteiger partial charge in [0.25, 0.3) is 5.69 Å². The number of benzene rings is 2. The monoisotopic (exact) mass is 439 g/mol. The zero-order chi connectivity index (χ0) is 21.6. The van der Waals surface area contributed by atoms with Crippen LogP contribution in [0.1, 0.15) is 12.8 Å². The van der Waals surface area contributed by atoms with Crippen molar-refractivity contribution in [1.82, 2.24) is 20.1 Å². The highest BCUT2D eigenvalue weighted by atomic mass is 32.2. The van der Waals surface area contributed by atoms with E-state index in [-0.39, 0.29) is 23.5 Å². The van der Waals surface area contributed by atoms with E-state index in [1.807, 2.05) is 34.9 Å². The van der Waals surface area contributed by atoms with Crippen LogP contribution in [0.25, 0.3) is 17.1 Å². The van der Waals surface area contributed by atoms with Gasteiger partial charge >= 0.3 is 0 Å². The van der Waals surface area contributed by atoms with Gasteiger partial charge in [0.05, 0.1) is 16.8 Å². The largest absolute Gasteiger partial charge is 0.376 e. The minimum Gasteiger partial charge on any atom is -0.376 e. The summed E-state index contributed by atoms with van der Waals surface area (Å²) in [4.78, 5) is 22.8. The topological polar surface area (TPSA) is 112 Å². The molecule has 4 rings (SSSR count). The van der Waals surface area contributed by atoms with E-state index in [0.29, 0.717) is 23.1 Å². The molecule has 1 aromatic heterocycles. The molecular weight excluding hydrogens is 418 g/mol. The van der Waals surface area contributed by atoms with Gasteiger partial charge in [0, 0.05) is 36.5 Å². The normalized spacial score (nSPS) is 15.7. The number of nitro groups is 1. The second kappa shape index (κ2) is 9.71. The highest BCUT2D eigenvalue weighted by Crippen LogP contribution is 2.29. The molecule has 0 aliphatic carbocycles. The Labute approximate surface area is 183 Å². The summed E-state index contributed by atoms with van der Waals surface area (Å²) in [5, 5.41) is 23.0. The van der Waals surface area contributed by atoms with Crippen LogP contribution in [0.3, 0.4) is 0 Å². The molecule has 3 aromatic rings. The first-order valence-electron chi connectivity index (χ1n) is 9.88. The van der Waals surface area contributed by atoms with Crippen LogP contribution in [0, 0.1) is 10.1 Å². The summed E-state index contributed by atoms with van der Waals surface area (Å²) in [7, 11) is 0. The lowest BCUT2D eigenvalue weighted by atomic mass is 10.2. The molecule has 0 bridgehead atoms. The molecule has 1 fully saturated rings. The molecular formula is C21H21N5O4S. The first-order valence-corrected chi connectivity index (χ1v) is 10.9. The quantitative estimate of drug-likeness (QED) is 0.326. The molecule has 31 heavy (non-hydrogen) atoms. The van der Waals surface area contributed by atoms with Crippen molar-refractivity contribution in [3.63, 3.8) is 0 Å². The zero-order valence-electron chi connectivity index (χ0n) is 16.6. The van der Waals surface area contributed by atoms with E-state index in [4.69, 9.17) is 4.74 Å². The zero-order valence-corrected chi connectivity index (χ0v) is 17.5. The van der Waals surface area contributed by atoms with Crippen molar-refractivity contribution in [1.29, 1.82) is 0 Å². The average Bonchev–Trinajstić information content (AvgIpc) is 3.47. The smallest absolute Gasteiger partial charge is 0.269 e. The fourth-order valence-electron chi connectivity index (χ4n) is 3.31. The van der Waals surface area contributed by atoms with Crippen LogP contribution in [0.5, 0.6) is 0 Å². The van der Waals surface area contributed by atoms with E-state index >= 15 is 0 Å². The number of carbonyl (C=O) groups is 1. The predicted molar refractivity (Wildman–Crippen MR) is 116 cm³/mol. The van der Waals surface area contributed by atoms with Crippen molar-refractivity contribution in [3.05, 3.63) is 64.7 Å². The maximum Gasteiger partial charge on any atom is 0.269 e. The number of thioether (sulfide) groups is 1. The molecule has 1 unspecified atom stereocenters. The van der Waals surface area contributed by atoms with Gasteiger partial charge in [-0.05, 0) is 37.1 Å². The molecule has 0 saturated carbocycles. The first kappa shape index (κ1) is 21.0. The maximum atomic E-state index is 12.3. The second-order valence-corrected chi connectivity index (χ2v) is 7.95. The number of hydrogen-bond donors (Lipinski definition) is 1. The van der Waals surface area contributed by atoms with Crippen molar-refractivity contribution in [2.75, 3.05) is 18.9 Å². The minimum absolute atomic E-state index is 0.00652. The minimum atomic E-state index is -0.442. The predicted octanol–water partition coefficient (Wildman–Crippen LogP) is 3.23. The lowest BCUT2D eigenvalue weighted by Gasteiger charge is -2.12. The third-order valence-electron chi connectivity index (χ3n) is 4.87. The maximum absolute atomic E-state index is 12.3. The molecule has 9 nitrogen and oxygen atoms in total. The number of carbonyl (C=O) groups excluding carboxylic acids is 1. The summed E-state index contributed by atoms with van der Waals surface area (Å²) in [5.41, 5.74) is 1.53. The fourth-order valence-corrected chi connectivity index (χ4v) is 4.09. The lowest BCUT2D eigenvalue weighted by Crippen LogP contribution is -2.32. The van der Waals surface area contributed by atoms with Crippen molar-refractivity contribution in [2.45, 2.75) is 24.1 Å². The Hall–Kier alpha value is -3.24. The van der Waals surface area contributed by atoms with Gasteiger partial charge in [0.15, 0.2) is 11.0 Å². The molecule has 1 saturated heterocycles. The number of nitrogens with one attached hydrogen (secondary N) is 1. The Morgan fingerprint density at radius 3 is 2.65 bits per heavy atom. The summed E-state index contributed by atoms with van der Waals surface area (Å²) in [5.74, 6) is 0.640. The van der Waals surface area contributed by atoms with Gasteiger partial charge in [-0.15, -0.1) is 10.2 Å². The number of hydrogen-bond acceptors (Lipinski definition) is 7. The van der Waals surface area contributed by atoms with Gasteiger partial charge in [-0.3, -0.25) is 19.5 Å². The van der Waals surface area contributed by atoms with Crippen molar-refractivity contribution < 1.29 is 14.5 Å². The molecule has 1 aliphatic rings. The van der Waals surface area contributed by atoms with Gasteiger partial charge in [-0.2, -0.15) is 0 Å². The molecule has 10 heteroatoms. The molecule has 1 amide bonds. The van der Waals surface area contributed by atoms with Gasteiger partial charge in [0.2, 0.25) is 5.91 Å². The Morgan fingerprint density at radius 1 is 1.19 bits per heavy atom. The van der Waals surface area contributed by atoms with Gasteiger partial charge in [0.1, 0.15) is 0 Å². The number of para-hydroxylation sites is 1. The van der Waals surface area contributed by atoms with Crippen molar-refractivity contribution in [3.8, 4) is 17.1 Å². The lowest BCUT2D eigenvalue weighted by molar-refractivity contribution is -0.384. The highest BCUT2D eigenvalue weighted by Gasteiger charge is 2.19. The highest BCUT2D eigenvalue weighted by molar-refractivity contribution is 7.99. The van der Waals surface area contributed by atoms with E-state index in [1.165, 1.54) is 23.9 Å². The molecule has 0 spiro atoms. The van der Waals surface area contributed by atoms with E-state index in [9.17, 15) is 14.9 Å². The van der Waals surface area contributed by atoms with Crippen LogP contribution >= 0.6 is 11.8 Å². The van der Waals surface area contributed by atoms with Crippen LogP contribution in [-0.2, 0) is 9.53 Å². The number of amides is 1. The standard InChI is InChI=1S/C21H21N5O4S/c27-19(22-13-18-7-4-12-30-18)14-31-21-24-23-20(25(21)16-5-2-1-3-6-16)15-8-10-17(11-9-15)26(28)29/h1-3,5-6,8-11,18H,4,7,12-14H2,(H,22,27). The number of nitro benzene ring substituents is 1. The third-order valence-corrected chi connectivity index (χ3v) is 5.80. The average molecular weight is 439 g/mol. The SMILES string of the molecule is O=C(CSc1nnc(-c2ccc([N+](=O)[O-])cc2)n1-c1ccccc1)NCC1CCCO1. The molecule has 160 valence electrons. The summed E-state index contributed by atoms with van der Waals surface area (Å²) in [6.45, 7) is 1.26. The number of ether oxygens (including phenoxy) is 1. The Morgan fingerprint density at radius 2 is 1.97 bits per heavy atom. The van der Waals surface area contributed by atoms with E-state index in [0.717, 1.165) is 25.1 Å².